The fraction of sp³-hybridized carbons (Fsp3) is 0.500. The van der Waals surface area contributed by atoms with Crippen molar-refractivity contribution in [1.82, 2.24) is 14.5 Å². The summed E-state index contributed by atoms with van der Waals surface area (Å²) >= 11 is 0. The van der Waals surface area contributed by atoms with E-state index >= 15 is 0 Å². The maximum absolute atomic E-state index is 13.3. The van der Waals surface area contributed by atoms with Crippen LogP contribution in [0.2, 0.25) is 0 Å². The van der Waals surface area contributed by atoms with Crippen LogP contribution in [0.25, 0.3) is 0 Å². The number of hydrogen-bond donors (Lipinski definition) is 0. The zero-order valence-electron chi connectivity index (χ0n) is 17.7. The Balaban J connectivity index is 1.29. The fourth-order valence-electron chi connectivity index (χ4n) is 4.47. The molecule has 0 N–H and O–H groups in total. The molecule has 3 heterocycles. The highest BCUT2D eigenvalue weighted by atomic mass is 32.2. The van der Waals surface area contributed by atoms with Crippen LogP contribution in [0.4, 0.5) is 11.5 Å². The largest absolute Gasteiger partial charge is 0.352 e. The van der Waals surface area contributed by atoms with E-state index < -0.39 is 10.0 Å². The molecular formula is C22H27N5O3S. The van der Waals surface area contributed by atoms with Crippen LogP contribution < -0.4 is 9.80 Å². The molecule has 0 radical (unpaired) electrons. The molecule has 9 heteroatoms. The van der Waals surface area contributed by atoms with Crippen molar-refractivity contribution >= 4 is 27.4 Å². The van der Waals surface area contributed by atoms with Crippen LogP contribution in [-0.2, 0) is 21.2 Å². The molecular weight excluding hydrogens is 414 g/mol. The van der Waals surface area contributed by atoms with E-state index in [2.05, 4.69) is 15.1 Å². The van der Waals surface area contributed by atoms with Crippen LogP contribution in [0, 0.1) is 0 Å². The first-order valence-corrected chi connectivity index (χ1v) is 12.4. The molecule has 1 aromatic carbocycles. The van der Waals surface area contributed by atoms with Crippen molar-refractivity contribution in [2.24, 2.45) is 0 Å². The molecule has 8 nitrogen and oxygen atoms in total. The number of piperazine rings is 1. The average Bonchev–Trinajstić information content (AvgIpc) is 3.64. The lowest BCUT2D eigenvalue weighted by molar-refractivity contribution is -0.116. The Morgan fingerprint density at radius 1 is 1.00 bits per heavy atom. The first-order chi connectivity index (χ1) is 14.9. The Hall–Kier alpha value is -2.52. The first kappa shape index (κ1) is 20.4. The summed E-state index contributed by atoms with van der Waals surface area (Å²) in [6.07, 6.45) is 4.02. The van der Waals surface area contributed by atoms with Crippen molar-refractivity contribution < 1.29 is 13.2 Å². The number of rotatable bonds is 4. The van der Waals surface area contributed by atoms with Gasteiger partial charge in [-0.2, -0.15) is 9.40 Å². The fourth-order valence-corrected chi connectivity index (χ4v) is 5.94. The molecule has 0 unspecified atom stereocenters. The van der Waals surface area contributed by atoms with Crippen LogP contribution >= 0.6 is 0 Å². The van der Waals surface area contributed by atoms with Crippen molar-refractivity contribution in [1.29, 1.82) is 0 Å². The van der Waals surface area contributed by atoms with Gasteiger partial charge >= 0.3 is 0 Å². The lowest BCUT2D eigenvalue weighted by Crippen LogP contribution is -2.49. The van der Waals surface area contributed by atoms with E-state index in [4.69, 9.17) is 0 Å². The Kier molecular flexibility index (Phi) is 5.18. The molecule has 0 bridgehead atoms. The van der Waals surface area contributed by atoms with E-state index in [1.165, 1.54) is 12.8 Å². The third kappa shape index (κ3) is 3.92. The summed E-state index contributed by atoms with van der Waals surface area (Å²) in [5.74, 6) is 1.36. The van der Waals surface area contributed by atoms with Gasteiger partial charge in [-0.25, -0.2) is 8.42 Å². The Morgan fingerprint density at radius 3 is 2.42 bits per heavy atom. The first-order valence-electron chi connectivity index (χ1n) is 10.9. The molecule has 2 aliphatic heterocycles. The molecule has 1 aromatic heterocycles. The van der Waals surface area contributed by atoms with E-state index in [1.807, 2.05) is 12.1 Å². The van der Waals surface area contributed by atoms with E-state index in [9.17, 15) is 13.2 Å². The number of sulfonamides is 1. The molecule has 0 spiro atoms. The van der Waals surface area contributed by atoms with Crippen molar-refractivity contribution in [3.05, 3.63) is 41.6 Å². The predicted octanol–water partition coefficient (Wildman–Crippen LogP) is 2.16. The van der Waals surface area contributed by atoms with Crippen molar-refractivity contribution in [3.8, 4) is 0 Å². The second-order valence-electron chi connectivity index (χ2n) is 8.55. The third-order valence-corrected chi connectivity index (χ3v) is 8.31. The van der Waals surface area contributed by atoms with Gasteiger partial charge in [0.15, 0.2) is 5.82 Å². The Morgan fingerprint density at radius 2 is 1.77 bits per heavy atom. The van der Waals surface area contributed by atoms with Crippen LogP contribution in [-0.4, -0.2) is 61.6 Å². The van der Waals surface area contributed by atoms with Gasteiger partial charge in [0.05, 0.1) is 10.6 Å². The molecule has 1 saturated heterocycles. The molecule has 1 amide bonds. The lowest BCUT2D eigenvalue weighted by Gasteiger charge is -2.35. The summed E-state index contributed by atoms with van der Waals surface area (Å²) in [6.45, 7) is 4.21. The molecule has 3 aliphatic rings. The highest BCUT2D eigenvalue weighted by Crippen LogP contribution is 2.38. The normalized spacial score (nSPS) is 19.9. The van der Waals surface area contributed by atoms with Gasteiger partial charge in [-0.1, -0.05) is 0 Å². The standard InChI is InChI=1S/C22H27N5O3S/c1-16(28)27-10-2-3-18-15-19(6-8-21(18)27)31(29,30)26-13-11-25(12-14-26)22-9-7-20(23-24-22)17-4-5-17/h6-9,15,17H,2-5,10-14H2,1H3. The number of carbonyl (C=O) groups is 1. The second-order valence-corrected chi connectivity index (χ2v) is 10.5. The van der Waals surface area contributed by atoms with E-state index in [0.717, 1.165) is 35.6 Å². The molecule has 0 atom stereocenters. The molecule has 2 aromatic rings. The highest BCUT2D eigenvalue weighted by molar-refractivity contribution is 7.89. The zero-order valence-corrected chi connectivity index (χ0v) is 18.5. The number of aromatic nitrogens is 2. The van der Waals surface area contributed by atoms with Gasteiger partial charge in [0.25, 0.3) is 0 Å². The molecule has 1 aliphatic carbocycles. The minimum Gasteiger partial charge on any atom is -0.352 e. The van der Waals surface area contributed by atoms with E-state index in [0.29, 0.717) is 43.5 Å². The molecule has 31 heavy (non-hydrogen) atoms. The van der Waals surface area contributed by atoms with E-state index in [1.54, 1.807) is 34.3 Å². The third-order valence-electron chi connectivity index (χ3n) is 6.42. The van der Waals surface area contributed by atoms with Crippen LogP contribution in [0.5, 0.6) is 0 Å². The number of fused-ring (bicyclic) bond motifs is 1. The quantitative estimate of drug-likeness (QED) is 0.723. The minimum absolute atomic E-state index is 0.0130. The summed E-state index contributed by atoms with van der Waals surface area (Å²) < 4.78 is 28.1. The summed E-state index contributed by atoms with van der Waals surface area (Å²) in [5, 5.41) is 8.69. The zero-order chi connectivity index (χ0) is 21.6. The number of hydrogen-bond acceptors (Lipinski definition) is 6. The monoisotopic (exact) mass is 441 g/mol. The van der Waals surface area contributed by atoms with Gasteiger partial charge in [-0.05, 0) is 61.6 Å². The number of benzene rings is 1. The summed E-state index contributed by atoms with van der Waals surface area (Å²) in [7, 11) is -3.58. The Bertz CT molecular complexity index is 1090. The van der Waals surface area contributed by atoms with Gasteiger partial charge in [-0.15, -0.1) is 5.10 Å². The second kappa shape index (κ2) is 7.87. The maximum Gasteiger partial charge on any atom is 0.243 e. The highest BCUT2D eigenvalue weighted by Gasteiger charge is 2.31. The Labute approximate surface area is 182 Å². The van der Waals surface area contributed by atoms with Crippen molar-refractivity contribution in [3.63, 3.8) is 0 Å². The SMILES string of the molecule is CC(=O)N1CCCc2cc(S(=O)(=O)N3CCN(c4ccc(C5CC5)nn4)CC3)ccc21. The molecule has 164 valence electrons. The minimum atomic E-state index is -3.58. The summed E-state index contributed by atoms with van der Waals surface area (Å²) in [4.78, 5) is 16.0. The maximum atomic E-state index is 13.3. The van der Waals surface area contributed by atoms with Crippen molar-refractivity contribution in [2.45, 2.75) is 43.4 Å². The number of amides is 1. The van der Waals surface area contributed by atoms with Crippen molar-refractivity contribution in [2.75, 3.05) is 42.5 Å². The molecule has 5 rings (SSSR count). The van der Waals surface area contributed by atoms with Crippen LogP contribution in [0.1, 0.15) is 43.4 Å². The number of anilines is 2. The molecule has 2 fully saturated rings. The molecule has 1 saturated carbocycles. The van der Waals surface area contributed by atoms with Gasteiger partial charge in [0.1, 0.15) is 0 Å². The average molecular weight is 442 g/mol. The summed E-state index contributed by atoms with van der Waals surface area (Å²) in [5.41, 5.74) is 2.81. The topological polar surface area (TPSA) is 86.7 Å². The van der Waals surface area contributed by atoms with Gasteiger partial charge in [-0.3, -0.25) is 4.79 Å². The van der Waals surface area contributed by atoms with Gasteiger partial charge in [0, 0.05) is 51.3 Å². The van der Waals surface area contributed by atoms with Gasteiger partial charge < -0.3 is 9.80 Å². The number of nitrogens with zero attached hydrogens (tertiary/aromatic N) is 5. The summed E-state index contributed by atoms with van der Waals surface area (Å²) in [6, 6.07) is 9.18. The smallest absolute Gasteiger partial charge is 0.243 e. The lowest BCUT2D eigenvalue weighted by atomic mass is 10.0. The van der Waals surface area contributed by atoms with E-state index in [-0.39, 0.29) is 5.91 Å². The predicted molar refractivity (Wildman–Crippen MR) is 118 cm³/mol. The number of carbonyl (C=O) groups excluding carboxylic acids is 1. The number of aryl methyl sites for hydroxylation is 1. The van der Waals surface area contributed by atoms with Crippen LogP contribution in [0.15, 0.2) is 35.2 Å². The van der Waals surface area contributed by atoms with Crippen LogP contribution in [0.3, 0.4) is 0 Å². The van der Waals surface area contributed by atoms with Gasteiger partial charge in [0.2, 0.25) is 15.9 Å².